The number of rotatable bonds is 4. The Kier molecular flexibility index (Phi) is 4.32. The summed E-state index contributed by atoms with van der Waals surface area (Å²) in [5.41, 5.74) is 2.31. The van der Waals surface area contributed by atoms with Gasteiger partial charge in [0.1, 0.15) is 5.82 Å². The molecule has 0 bridgehead atoms. The molecular formula is C14H22N4O2. The molecule has 1 saturated heterocycles. The van der Waals surface area contributed by atoms with Crippen LogP contribution in [0.2, 0.25) is 0 Å². The van der Waals surface area contributed by atoms with Crippen molar-refractivity contribution in [2.45, 2.75) is 31.8 Å². The lowest BCUT2D eigenvalue weighted by Gasteiger charge is -2.16. The van der Waals surface area contributed by atoms with Crippen molar-refractivity contribution in [1.82, 2.24) is 15.3 Å². The molecule has 3 rings (SSSR count). The average Bonchev–Trinajstić information content (AvgIpc) is 2.88. The zero-order valence-corrected chi connectivity index (χ0v) is 11.9. The van der Waals surface area contributed by atoms with Crippen LogP contribution in [-0.4, -0.2) is 49.4 Å². The van der Waals surface area contributed by atoms with Crippen LogP contribution in [0, 0.1) is 0 Å². The summed E-state index contributed by atoms with van der Waals surface area (Å²) in [5.74, 6) is 0.908. The SMILES string of the molecule is COc1nc2c(c(NCC3CCCO3)n1)CCNCC2. The number of ether oxygens (including phenoxy) is 2. The first-order valence-electron chi connectivity index (χ1n) is 7.37. The van der Waals surface area contributed by atoms with Gasteiger partial charge < -0.3 is 20.1 Å². The van der Waals surface area contributed by atoms with Crippen LogP contribution in [0.15, 0.2) is 0 Å². The highest BCUT2D eigenvalue weighted by molar-refractivity contribution is 5.48. The second-order valence-corrected chi connectivity index (χ2v) is 5.25. The molecule has 2 N–H and O–H groups in total. The molecule has 2 aliphatic rings. The summed E-state index contributed by atoms with van der Waals surface area (Å²) < 4.78 is 10.9. The van der Waals surface area contributed by atoms with E-state index in [4.69, 9.17) is 9.47 Å². The fourth-order valence-corrected chi connectivity index (χ4v) is 2.78. The van der Waals surface area contributed by atoms with Crippen molar-refractivity contribution in [3.8, 4) is 6.01 Å². The number of anilines is 1. The molecule has 0 amide bonds. The summed E-state index contributed by atoms with van der Waals surface area (Å²) in [6, 6.07) is 0.445. The van der Waals surface area contributed by atoms with Gasteiger partial charge in [-0.1, -0.05) is 0 Å². The first-order chi connectivity index (χ1) is 9.86. The third kappa shape index (κ3) is 3.02. The highest BCUT2D eigenvalue weighted by Crippen LogP contribution is 2.23. The Hall–Kier alpha value is -1.40. The van der Waals surface area contributed by atoms with Crippen molar-refractivity contribution < 1.29 is 9.47 Å². The molecule has 1 fully saturated rings. The van der Waals surface area contributed by atoms with Crippen LogP contribution >= 0.6 is 0 Å². The predicted molar refractivity (Wildman–Crippen MR) is 76.3 cm³/mol. The van der Waals surface area contributed by atoms with Crippen molar-refractivity contribution >= 4 is 5.82 Å². The van der Waals surface area contributed by atoms with E-state index in [1.807, 2.05) is 0 Å². The van der Waals surface area contributed by atoms with E-state index < -0.39 is 0 Å². The van der Waals surface area contributed by atoms with Gasteiger partial charge in [0.2, 0.25) is 0 Å². The second-order valence-electron chi connectivity index (χ2n) is 5.25. The molecule has 1 atom stereocenters. The number of methoxy groups -OCH3 is 1. The molecule has 0 spiro atoms. The fraction of sp³-hybridized carbons (Fsp3) is 0.714. The molecule has 3 heterocycles. The standard InChI is InChI=1S/C14H22N4O2/c1-19-14-17-12-5-7-15-6-4-11(12)13(18-14)16-9-10-3-2-8-20-10/h10,15H,2-9H2,1H3,(H,16,17,18). The average molecular weight is 278 g/mol. The Labute approximate surface area is 119 Å². The molecule has 2 aliphatic heterocycles. The number of fused-ring (bicyclic) bond motifs is 1. The van der Waals surface area contributed by atoms with Gasteiger partial charge in [0.05, 0.1) is 18.9 Å². The molecule has 0 radical (unpaired) electrons. The zero-order valence-electron chi connectivity index (χ0n) is 11.9. The number of aromatic nitrogens is 2. The van der Waals surface area contributed by atoms with Crippen LogP contribution in [0.5, 0.6) is 6.01 Å². The van der Waals surface area contributed by atoms with E-state index in [1.165, 1.54) is 5.56 Å². The van der Waals surface area contributed by atoms with Crippen molar-refractivity contribution in [3.05, 3.63) is 11.3 Å². The Morgan fingerprint density at radius 2 is 2.25 bits per heavy atom. The molecule has 6 heteroatoms. The molecular weight excluding hydrogens is 256 g/mol. The van der Waals surface area contributed by atoms with Crippen molar-refractivity contribution in [1.29, 1.82) is 0 Å². The summed E-state index contributed by atoms with van der Waals surface area (Å²) in [7, 11) is 1.61. The molecule has 1 unspecified atom stereocenters. The van der Waals surface area contributed by atoms with Crippen LogP contribution in [0.1, 0.15) is 24.1 Å². The van der Waals surface area contributed by atoms with E-state index >= 15 is 0 Å². The van der Waals surface area contributed by atoms with Gasteiger partial charge in [-0.15, -0.1) is 0 Å². The van der Waals surface area contributed by atoms with Gasteiger partial charge in [0.25, 0.3) is 0 Å². The highest BCUT2D eigenvalue weighted by atomic mass is 16.5. The van der Waals surface area contributed by atoms with E-state index in [0.717, 1.165) is 63.4 Å². The number of nitrogens with one attached hydrogen (secondary N) is 2. The van der Waals surface area contributed by atoms with Crippen molar-refractivity contribution in [2.24, 2.45) is 0 Å². The predicted octanol–water partition coefficient (Wildman–Crippen LogP) is 0.764. The lowest BCUT2D eigenvalue weighted by atomic mass is 10.1. The van der Waals surface area contributed by atoms with Crippen LogP contribution < -0.4 is 15.4 Å². The number of hydrogen-bond acceptors (Lipinski definition) is 6. The minimum Gasteiger partial charge on any atom is -0.467 e. The largest absolute Gasteiger partial charge is 0.467 e. The Balaban J connectivity index is 1.79. The molecule has 6 nitrogen and oxygen atoms in total. The molecule has 0 aromatic carbocycles. The highest BCUT2D eigenvalue weighted by Gasteiger charge is 2.19. The number of nitrogens with zero attached hydrogens (tertiary/aromatic N) is 2. The van der Waals surface area contributed by atoms with Crippen LogP contribution in [0.25, 0.3) is 0 Å². The Morgan fingerprint density at radius 1 is 1.35 bits per heavy atom. The normalized spacial score (nSPS) is 22.1. The second kappa shape index (κ2) is 6.37. The first-order valence-corrected chi connectivity index (χ1v) is 7.37. The van der Waals surface area contributed by atoms with Gasteiger partial charge in [-0.2, -0.15) is 9.97 Å². The first kappa shape index (κ1) is 13.6. The number of hydrogen-bond donors (Lipinski definition) is 2. The maximum absolute atomic E-state index is 5.65. The molecule has 1 aromatic heterocycles. The van der Waals surface area contributed by atoms with E-state index in [0.29, 0.717) is 12.1 Å². The molecule has 1 aromatic rings. The lowest BCUT2D eigenvalue weighted by Crippen LogP contribution is -2.21. The van der Waals surface area contributed by atoms with Crippen molar-refractivity contribution in [2.75, 3.05) is 38.7 Å². The van der Waals surface area contributed by atoms with Crippen molar-refractivity contribution in [3.63, 3.8) is 0 Å². The minimum atomic E-state index is 0.301. The van der Waals surface area contributed by atoms with Gasteiger partial charge in [-0.05, 0) is 25.8 Å². The molecule has 0 aliphatic carbocycles. The summed E-state index contributed by atoms with van der Waals surface area (Å²) >= 11 is 0. The summed E-state index contributed by atoms with van der Waals surface area (Å²) in [4.78, 5) is 8.97. The topological polar surface area (TPSA) is 68.3 Å². The van der Waals surface area contributed by atoms with E-state index in [1.54, 1.807) is 7.11 Å². The zero-order chi connectivity index (χ0) is 13.8. The third-order valence-corrected chi connectivity index (χ3v) is 3.87. The summed E-state index contributed by atoms with van der Waals surface area (Å²) in [5, 5.41) is 6.83. The fourth-order valence-electron chi connectivity index (χ4n) is 2.78. The van der Waals surface area contributed by atoms with Crippen LogP contribution in [-0.2, 0) is 17.6 Å². The smallest absolute Gasteiger partial charge is 0.318 e. The van der Waals surface area contributed by atoms with Crippen LogP contribution in [0.3, 0.4) is 0 Å². The summed E-state index contributed by atoms with van der Waals surface area (Å²) in [6.45, 7) is 3.61. The summed E-state index contributed by atoms with van der Waals surface area (Å²) in [6.07, 6.45) is 4.45. The van der Waals surface area contributed by atoms with Gasteiger partial charge in [-0.3, -0.25) is 0 Å². The van der Waals surface area contributed by atoms with Gasteiger partial charge >= 0.3 is 6.01 Å². The lowest BCUT2D eigenvalue weighted by molar-refractivity contribution is 0.120. The van der Waals surface area contributed by atoms with Gasteiger partial charge in [-0.25, -0.2) is 0 Å². The Bertz CT molecular complexity index is 461. The minimum absolute atomic E-state index is 0.301. The Morgan fingerprint density at radius 3 is 3.05 bits per heavy atom. The maximum atomic E-state index is 5.65. The van der Waals surface area contributed by atoms with E-state index in [-0.39, 0.29) is 0 Å². The quantitative estimate of drug-likeness (QED) is 0.847. The molecule has 20 heavy (non-hydrogen) atoms. The van der Waals surface area contributed by atoms with Crippen LogP contribution in [0.4, 0.5) is 5.82 Å². The van der Waals surface area contributed by atoms with Gasteiger partial charge in [0.15, 0.2) is 0 Å². The van der Waals surface area contributed by atoms with E-state index in [9.17, 15) is 0 Å². The maximum Gasteiger partial charge on any atom is 0.318 e. The third-order valence-electron chi connectivity index (χ3n) is 3.87. The molecule has 110 valence electrons. The van der Waals surface area contributed by atoms with Gasteiger partial charge in [0, 0.05) is 31.7 Å². The van der Waals surface area contributed by atoms with E-state index in [2.05, 4.69) is 20.6 Å². The monoisotopic (exact) mass is 278 g/mol. The molecule has 0 saturated carbocycles.